The molecule has 112 valence electrons. The highest BCUT2D eigenvalue weighted by Crippen LogP contribution is 2.46. The highest BCUT2D eigenvalue weighted by Gasteiger charge is 2.38. The lowest BCUT2D eigenvalue weighted by Crippen LogP contribution is -2.26. The van der Waals surface area contributed by atoms with E-state index in [1.807, 2.05) is 19.1 Å². The minimum Gasteiger partial charge on any atom is -0.338 e. The Morgan fingerprint density at radius 3 is 2.82 bits per heavy atom. The van der Waals surface area contributed by atoms with Crippen LogP contribution in [0.3, 0.4) is 0 Å². The molecule has 0 radical (unpaired) electrons. The Labute approximate surface area is 136 Å². The van der Waals surface area contributed by atoms with Crippen molar-refractivity contribution < 1.29 is 9.32 Å². The van der Waals surface area contributed by atoms with Crippen molar-refractivity contribution in [1.29, 1.82) is 0 Å². The van der Waals surface area contributed by atoms with Crippen molar-refractivity contribution in [1.82, 2.24) is 5.16 Å². The Hall–Kier alpha value is -1.88. The number of anilines is 1. The van der Waals surface area contributed by atoms with Crippen molar-refractivity contribution in [3.05, 3.63) is 56.8 Å². The molecule has 4 nitrogen and oxygen atoms in total. The SMILES string of the molecule is Cc1noc2c1[C@@H](c1ccc(Br)cc1)C1=C(CCCC1=O)N2. The highest BCUT2D eigenvalue weighted by molar-refractivity contribution is 9.10. The molecule has 1 aliphatic carbocycles. The number of ketones is 1. The number of halogens is 1. The number of rotatable bonds is 1. The third kappa shape index (κ3) is 2.03. The van der Waals surface area contributed by atoms with Crippen LogP contribution in [0.4, 0.5) is 5.88 Å². The number of fused-ring (bicyclic) bond motifs is 1. The first-order chi connectivity index (χ1) is 10.6. The van der Waals surface area contributed by atoms with E-state index in [2.05, 4.69) is 38.5 Å². The summed E-state index contributed by atoms with van der Waals surface area (Å²) in [6.45, 7) is 1.93. The molecule has 0 saturated carbocycles. The van der Waals surface area contributed by atoms with Gasteiger partial charge in [-0.15, -0.1) is 0 Å². The third-order valence-corrected chi connectivity index (χ3v) is 4.94. The summed E-state index contributed by atoms with van der Waals surface area (Å²) in [5, 5.41) is 7.37. The van der Waals surface area contributed by atoms with Gasteiger partial charge in [-0.05, 0) is 37.5 Å². The first-order valence-electron chi connectivity index (χ1n) is 7.40. The van der Waals surface area contributed by atoms with Crippen LogP contribution in [0.25, 0.3) is 0 Å². The molecule has 5 heteroatoms. The van der Waals surface area contributed by atoms with Crippen LogP contribution in [0.5, 0.6) is 0 Å². The normalized spacial score (nSPS) is 20.5. The van der Waals surface area contributed by atoms with Gasteiger partial charge >= 0.3 is 0 Å². The number of aromatic nitrogens is 1. The summed E-state index contributed by atoms with van der Waals surface area (Å²) in [7, 11) is 0. The second-order valence-corrected chi connectivity index (χ2v) is 6.70. The van der Waals surface area contributed by atoms with Crippen molar-refractivity contribution in [2.75, 3.05) is 5.32 Å². The topological polar surface area (TPSA) is 55.1 Å². The number of hydrogen-bond donors (Lipinski definition) is 1. The molecule has 0 unspecified atom stereocenters. The Morgan fingerprint density at radius 1 is 1.27 bits per heavy atom. The second kappa shape index (κ2) is 5.09. The molecule has 0 amide bonds. The van der Waals surface area contributed by atoms with Crippen molar-refractivity contribution >= 4 is 27.6 Å². The molecule has 1 aromatic carbocycles. The van der Waals surface area contributed by atoms with Crippen molar-refractivity contribution in [2.24, 2.45) is 0 Å². The zero-order valence-corrected chi connectivity index (χ0v) is 13.7. The molecule has 22 heavy (non-hydrogen) atoms. The maximum atomic E-state index is 12.6. The number of nitrogens with zero attached hydrogens (tertiary/aromatic N) is 1. The van der Waals surface area contributed by atoms with E-state index in [4.69, 9.17) is 4.52 Å². The highest BCUT2D eigenvalue weighted by atomic mass is 79.9. The van der Waals surface area contributed by atoms with Gasteiger partial charge in [-0.25, -0.2) is 0 Å². The summed E-state index contributed by atoms with van der Waals surface area (Å²) >= 11 is 3.47. The van der Waals surface area contributed by atoms with Gasteiger partial charge in [0.1, 0.15) is 0 Å². The molecule has 1 aliphatic heterocycles. The predicted octanol–water partition coefficient (Wildman–Crippen LogP) is 4.31. The molecule has 0 bridgehead atoms. The summed E-state index contributed by atoms with van der Waals surface area (Å²) in [5.41, 5.74) is 4.79. The molecule has 0 saturated heterocycles. The maximum Gasteiger partial charge on any atom is 0.233 e. The standard InChI is InChI=1S/C17H15BrN2O2/c1-9-14-15(10-5-7-11(18)8-6-10)16-12(3-2-4-13(16)21)19-17(14)22-20-9/h5-8,15,19H,2-4H2,1H3/t15-/m1/s1. The van der Waals surface area contributed by atoms with Crippen LogP contribution in [0.2, 0.25) is 0 Å². The lowest BCUT2D eigenvalue weighted by molar-refractivity contribution is -0.116. The van der Waals surface area contributed by atoms with Crippen LogP contribution in [0, 0.1) is 6.92 Å². The van der Waals surface area contributed by atoms with Gasteiger partial charge in [-0.1, -0.05) is 33.2 Å². The number of carbonyl (C=O) groups is 1. The van der Waals surface area contributed by atoms with Gasteiger partial charge in [0.25, 0.3) is 0 Å². The molecule has 2 aromatic rings. The van der Waals surface area contributed by atoms with E-state index in [-0.39, 0.29) is 11.7 Å². The molecule has 4 rings (SSSR count). The summed E-state index contributed by atoms with van der Waals surface area (Å²) in [5.74, 6) is 0.824. The van der Waals surface area contributed by atoms with E-state index >= 15 is 0 Å². The lowest BCUT2D eigenvalue weighted by Gasteiger charge is -2.31. The van der Waals surface area contributed by atoms with Gasteiger partial charge in [0.05, 0.1) is 11.3 Å². The molecular weight excluding hydrogens is 344 g/mol. The van der Waals surface area contributed by atoms with E-state index in [1.54, 1.807) is 0 Å². The first-order valence-corrected chi connectivity index (χ1v) is 8.19. The zero-order chi connectivity index (χ0) is 15.3. The van der Waals surface area contributed by atoms with Gasteiger partial charge in [0.15, 0.2) is 5.78 Å². The van der Waals surface area contributed by atoms with Crippen molar-refractivity contribution in [3.63, 3.8) is 0 Å². The van der Waals surface area contributed by atoms with Gasteiger partial charge in [-0.2, -0.15) is 0 Å². The largest absolute Gasteiger partial charge is 0.338 e. The second-order valence-electron chi connectivity index (χ2n) is 5.79. The van der Waals surface area contributed by atoms with E-state index in [0.717, 1.165) is 45.4 Å². The Morgan fingerprint density at radius 2 is 2.05 bits per heavy atom. The number of aryl methyl sites for hydroxylation is 1. The maximum absolute atomic E-state index is 12.6. The molecule has 0 spiro atoms. The lowest BCUT2D eigenvalue weighted by atomic mass is 9.76. The number of Topliss-reactive ketones (excluding diaryl/α,β-unsaturated/α-hetero) is 1. The summed E-state index contributed by atoms with van der Waals surface area (Å²) in [6.07, 6.45) is 2.39. The van der Waals surface area contributed by atoms with Gasteiger partial charge in [0.2, 0.25) is 5.88 Å². The zero-order valence-electron chi connectivity index (χ0n) is 12.1. The Balaban J connectivity index is 1.94. The third-order valence-electron chi connectivity index (χ3n) is 4.41. The average Bonchev–Trinajstić information content (AvgIpc) is 2.88. The summed E-state index contributed by atoms with van der Waals surface area (Å²) < 4.78 is 6.46. The monoisotopic (exact) mass is 358 g/mol. The summed E-state index contributed by atoms with van der Waals surface area (Å²) in [4.78, 5) is 12.6. The molecule has 1 aromatic heterocycles. The van der Waals surface area contributed by atoms with Crippen LogP contribution in [0.1, 0.15) is 42.0 Å². The van der Waals surface area contributed by atoms with Gasteiger partial charge < -0.3 is 9.84 Å². The van der Waals surface area contributed by atoms with Crippen molar-refractivity contribution in [2.45, 2.75) is 32.1 Å². The fourth-order valence-corrected chi connectivity index (χ4v) is 3.67. The fraction of sp³-hybridized carbons (Fsp3) is 0.294. The molecule has 1 atom stereocenters. The van der Waals surface area contributed by atoms with E-state index < -0.39 is 0 Å². The minimum absolute atomic E-state index is 0.0848. The smallest absolute Gasteiger partial charge is 0.233 e. The quantitative estimate of drug-likeness (QED) is 0.824. The molecule has 2 heterocycles. The van der Waals surface area contributed by atoms with Gasteiger partial charge in [-0.3, -0.25) is 4.79 Å². The van der Waals surface area contributed by atoms with E-state index in [9.17, 15) is 4.79 Å². The Bertz CT molecular complexity index is 789. The predicted molar refractivity (Wildman–Crippen MR) is 86.7 cm³/mol. The number of benzene rings is 1. The average molecular weight is 359 g/mol. The van der Waals surface area contributed by atoms with Gasteiger partial charge in [0, 0.05) is 28.1 Å². The first kappa shape index (κ1) is 13.8. The van der Waals surface area contributed by atoms with Crippen LogP contribution in [-0.2, 0) is 4.79 Å². The minimum atomic E-state index is -0.0848. The van der Waals surface area contributed by atoms with Crippen LogP contribution in [0.15, 0.2) is 44.5 Å². The summed E-state index contributed by atoms with van der Waals surface area (Å²) in [6, 6.07) is 8.13. The number of carbonyl (C=O) groups excluding carboxylic acids is 1. The number of hydrogen-bond acceptors (Lipinski definition) is 4. The number of allylic oxidation sites excluding steroid dienone is 2. The van der Waals surface area contributed by atoms with Crippen LogP contribution in [-0.4, -0.2) is 10.9 Å². The molecular formula is C17H15BrN2O2. The van der Waals surface area contributed by atoms with Crippen molar-refractivity contribution in [3.8, 4) is 0 Å². The van der Waals surface area contributed by atoms with E-state index in [0.29, 0.717) is 12.3 Å². The number of nitrogens with one attached hydrogen (secondary N) is 1. The fourth-order valence-electron chi connectivity index (χ4n) is 3.41. The van der Waals surface area contributed by atoms with E-state index in [1.165, 1.54) is 0 Å². The molecule has 1 N–H and O–H groups in total. The molecule has 2 aliphatic rings. The van der Waals surface area contributed by atoms with Crippen LogP contribution >= 0.6 is 15.9 Å². The molecule has 0 fully saturated rings. The Kier molecular flexibility index (Phi) is 3.18. The van der Waals surface area contributed by atoms with Crippen LogP contribution < -0.4 is 5.32 Å².